The number of esters is 1. The van der Waals surface area contributed by atoms with Crippen LogP contribution in [0.5, 0.6) is 0 Å². The Morgan fingerprint density at radius 3 is 2.73 bits per heavy atom. The minimum absolute atomic E-state index is 0.0308. The number of fused-ring (bicyclic) bond motifs is 2. The third-order valence-corrected chi connectivity index (χ3v) is 7.74. The molecule has 0 radical (unpaired) electrons. The highest BCUT2D eigenvalue weighted by atomic mass is 35.5. The summed E-state index contributed by atoms with van der Waals surface area (Å²) in [6.07, 6.45) is 3.71. The number of H-pyrrole nitrogens is 1. The van der Waals surface area contributed by atoms with E-state index in [0.717, 1.165) is 9.87 Å². The Morgan fingerprint density at radius 2 is 1.94 bits per heavy atom. The van der Waals surface area contributed by atoms with E-state index in [1.165, 1.54) is 19.2 Å². The van der Waals surface area contributed by atoms with Gasteiger partial charge in [-0.2, -0.15) is 0 Å². The number of nitrogens with one attached hydrogen (secondary N) is 2. The first-order valence-electron chi connectivity index (χ1n) is 10.0. The van der Waals surface area contributed by atoms with Crippen molar-refractivity contribution < 1.29 is 22.7 Å². The summed E-state index contributed by atoms with van der Waals surface area (Å²) in [6, 6.07) is 11.0. The highest BCUT2D eigenvalue weighted by Crippen LogP contribution is 2.36. The van der Waals surface area contributed by atoms with Crippen molar-refractivity contribution in [3.05, 3.63) is 76.1 Å². The minimum atomic E-state index is -3.92. The third-order valence-electron chi connectivity index (χ3n) is 5.72. The zero-order valence-corrected chi connectivity index (χ0v) is 19.0. The average molecular weight is 484 g/mol. The maximum Gasteiger partial charge on any atom is 0.339 e. The van der Waals surface area contributed by atoms with Crippen molar-refractivity contribution in [1.82, 2.24) is 4.98 Å². The molecule has 0 aliphatic carbocycles. The SMILES string of the molecule is CN(c1cccc(Cl)c1)S(=O)(=O)c1ccc2c(c1)C(=Cc1[nH]cc3c1CCOC3=O)C(=O)N2. The second kappa shape index (κ2) is 7.79. The summed E-state index contributed by atoms with van der Waals surface area (Å²) < 4.78 is 32.7. The number of sulfonamides is 1. The molecule has 1 amide bonds. The van der Waals surface area contributed by atoms with Gasteiger partial charge >= 0.3 is 5.97 Å². The Kier molecular flexibility index (Phi) is 5.02. The molecule has 2 N–H and O–H groups in total. The predicted molar refractivity (Wildman–Crippen MR) is 125 cm³/mol. The lowest BCUT2D eigenvalue weighted by atomic mass is 10.0. The van der Waals surface area contributed by atoms with Crippen LogP contribution < -0.4 is 9.62 Å². The van der Waals surface area contributed by atoms with Crippen molar-refractivity contribution in [3.63, 3.8) is 0 Å². The molecule has 168 valence electrons. The lowest BCUT2D eigenvalue weighted by Crippen LogP contribution is -2.26. The number of ether oxygens (including phenoxy) is 1. The van der Waals surface area contributed by atoms with E-state index in [1.807, 2.05) is 0 Å². The van der Waals surface area contributed by atoms with Gasteiger partial charge in [-0.05, 0) is 48.0 Å². The molecule has 3 aromatic rings. The van der Waals surface area contributed by atoms with Gasteiger partial charge in [-0.25, -0.2) is 13.2 Å². The van der Waals surface area contributed by atoms with Crippen molar-refractivity contribution in [1.29, 1.82) is 0 Å². The molecule has 33 heavy (non-hydrogen) atoms. The smallest absolute Gasteiger partial charge is 0.339 e. The molecule has 10 heteroatoms. The topological polar surface area (TPSA) is 109 Å². The molecule has 0 bridgehead atoms. The fourth-order valence-electron chi connectivity index (χ4n) is 3.96. The minimum Gasteiger partial charge on any atom is -0.462 e. The number of hydrogen-bond donors (Lipinski definition) is 2. The van der Waals surface area contributed by atoms with Crippen LogP contribution in [0.15, 0.2) is 53.6 Å². The summed E-state index contributed by atoms with van der Waals surface area (Å²) >= 11 is 6.02. The lowest BCUT2D eigenvalue weighted by Gasteiger charge is -2.20. The van der Waals surface area contributed by atoms with E-state index in [4.69, 9.17) is 16.3 Å². The summed E-state index contributed by atoms with van der Waals surface area (Å²) in [4.78, 5) is 27.7. The normalized spacial score (nSPS) is 16.2. The van der Waals surface area contributed by atoms with Gasteiger partial charge in [-0.3, -0.25) is 9.10 Å². The average Bonchev–Trinajstić information content (AvgIpc) is 3.34. The Morgan fingerprint density at radius 1 is 1.12 bits per heavy atom. The number of hydrogen-bond acceptors (Lipinski definition) is 5. The molecule has 0 atom stereocenters. The standard InChI is InChI=1S/C23H18ClN3O5S/c1-27(14-4-2-3-13(24)9-14)33(30,31)15-5-6-20-17(10-15)18(22(28)26-20)11-21-16-7-8-32-23(29)19(16)12-25-21/h2-6,9-12,25H,7-8H2,1H3,(H,26,28). The first-order chi connectivity index (χ1) is 15.8. The quantitative estimate of drug-likeness (QED) is 0.434. The van der Waals surface area contributed by atoms with Crippen LogP contribution >= 0.6 is 11.6 Å². The molecular weight excluding hydrogens is 466 g/mol. The Bertz CT molecular complexity index is 1460. The molecule has 1 aromatic heterocycles. The zero-order valence-electron chi connectivity index (χ0n) is 17.4. The summed E-state index contributed by atoms with van der Waals surface area (Å²) in [5.74, 6) is -0.768. The van der Waals surface area contributed by atoms with Gasteiger partial charge in [0.05, 0.1) is 28.3 Å². The number of carbonyl (C=O) groups excluding carboxylic acids is 2. The molecule has 0 fully saturated rings. The molecule has 5 rings (SSSR count). The summed E-state index contributed by atoms with van der Waals surface area (Å²) in [5.41, 5.74) is 3.51. The zero-order chi connectivity index (χ0) is 23.3. The van der Waals surface area contributed by atoms with E-state index in [2.05, 4.69) is 10.3 Å². The van der Waals surface area contributed by atoms with Gasteiger partial charge in [0.2, 0.25) is 0 Å². The van der Waals surface area contributed by atoms with Gasteiger partial charge in [0.15, 0.2) is 0 Å². The van der Waals surface area contributed by atoms with Crippen molar-refractivity contribution in [2.45, 2.75) is 11.3 Å². The van der Waals surface area contributed by atoms with Gasteiger partial charge in [0, 0.05) is 41.6 Å². The number of amides is 1. The van der Waals surface area contributed by atoms with Crippen LogP contribution in [-0.4, -0.2) is 38.9 Å². The van der Waals surface area contributed by atoms with Gasteiger partial charge in [0.25, 0.3) is 15.9 Å². The van der Waals surface area contributed by atoms with E-state index in [-0.39, 0.29) is 17.4 Å². The van der Waals surface area contributed by atoms with Crippen LogP contribution in [0, 0.1) is 0 Å². The van der Waals surface area contributed by atoms with Crippen molar-refractivity contribution in [2.75, 3.05) is 23.3 Å². The monoisotopic (exact) mass is 483 g/mol. The van der Waals surface area contributed by atoms with E-state index in [1.54, 1.807) is 42.6 Å². The number of cyclic esters (lactones) is 1. The predicted octanol–water partition coefficient (Wildman–Crippen LogP) is 3.70. The van der Waals surface area contributed by atoms with E-state index in [0.29, 0.717) is 45.2 Å². The molecule has 0 saturated heterocycles. The Hall–Kier alpha value is -3.56. The Labute approximate surface area is 194 Å². The number of anilines is 2. The van der Waals surface area contributed by atoms with Crippen LogP contribution in [0.2, 0.25) is 5.02 Å². The number of halogens is 1. The van der Waals surface area contributed by atoms with Crippen molar-refractivity contribution in [3.8, 4) is 0 Å². The molecule has 8 nitrogen and oxygen atoms in total. The molecule has 0 unspecified atom stereocenters. The molecule has 2 aliphatic heterocycles. The molecule has 2 aromatic carbocycles. The fourth-order valence-corrected chi connectivity index (χ4v) is 5.36. The van der Waals surface area contributed by atoms with Crippen LogP contribution in [0.1, 0.15) is 27.2 Å². The fraction of sp³-hybridized carbons (Fsp3) is 0.130. The van der Waals surface area contributed by atoms with Crippen molar-refractivity contribution in [2.24, 2.45) is 0 Å². The number of benzene rings is 2. The lowest BCUT2D eigenvalue weighted by molar-refractivity contribution is -0.110. The highest BCUT2D eigenvalue weighted by Gasteiger charge is 2.30. The first-order valence-corrected chi connectivity index (χ1v) is 11.9. The molecule has 2 aliphatic rings. The third kappa shape index (κ3) is 3.59. The molecule has 0 saturated carbocycles. The van der Waals surface area contributed by atoms with Gasteiger partial charge in [-0.1, -0.05) is 17.7 Å². The van der Waals surface area contributed by atoms with Gasteiger partial charge in [-0.15, -0.1) is 0 Å². The molecular formula is C23H18ClN3O5S. The maximum atomic E-state index is 13.3. The number of rotatable bonds is 4. The largest absolute Gasteiger partial charge is 0.462 e. The molecule has 0 spiro atoms. The van der Waals surface area contributed by atoms with Crippen LogP contribution in [-0.2, 0) is 26.0 Å². The number of carbonyl (C=O) groups is 2. The van der Waals surface area contributed by atoms with E-state index < -0.39 is 16.0 Å². The summed E-state index contributed by atoms with van der Waals surface area (Å²) in [7, 11) is -2.47. The second-order valence-corrected chi connectivity index (χ2v) is 10.1. The number of aromatic nitrogens is 1. The van der Waals surface area contributed by atoms with Crippen LogP contribution in [0.3, 0.4) is 0 Å². The molecule has 3 heterocycles. The maximum absolute atomic E-state index is 13.3. The Balaban J connectivity index is 1.56. The van der Waals surface area contributed by atoms with Crippen LogP contribution in [0.4, 0.5) is 11.4 Å². The summed E-state index contributed by atoms with van der Waals surface area (Å²) in [5, 5.41) is 3.18. The summed E-state index contributed by atoms with van der Waals surface area (Å²) in [6.45, 7) is 0.265. The number of aromatic amines is 1. The van der Waals surface area contributed by atoms with E-state index in [9.17, 15) is 18.0 Å². The van der Waals surface area contributed by atoms with Crippen LogP contribution in [0.25, 0.3) is 11.6 Å². The number of nitrogens with zero attached hydrogens (tertiary/aromatic N) is 1. The van der Waals surface area contributed by atoms with E-state index >= 15 is 0 Å². The van der Waals surface area contributed by atoms with Gasteiger partial charge in [0.1, 0.15) is 0 Å². The first kappa shape index (κ1) is 21.3. The highest BCUT2D eigenvalue weighted by molar-refractivity contribution is 7.92. The van der Waals surface area contributed by atoms with Crippen molar-refractivity contribution >= 4 is 56.5 Å². The van der Waals surface area contributed by atoms with Gasteiger partial charge < -0.3 is 15.0 Å². The second-order valence-electron chi connectivity index (χ2n) is 7.65.